The van der Waals surface area contributed by atoms with Gasteiger partial charge in [-0.15, -0.1) is 0 Å². The number of hydrogen-bond acceptors (Lipinski definition) is 3. The predicted molar refractivity (Wildman–Crippen MR) is 79.4 cm³/mol. The molecule has 0 aliphatic rings. The van der Waals surface area contributed by atoms with Crippen molar-refractivity contribution >= 4 is 21.6 Å². The third kappa shape index (κ3) is 3.19. The topological polar surface area (TPSA) is 64.9 Å². The Morgan fingerprint density at radius 3 is 2.33 bits per heavy atom. The van der Waals surface area contributed by atoms with Crippen molar-refractivity contribution in [1.82, 2.24) is 4.98 Å². The highest BCUT2D eigenvalue weighted by Crippen LogP contribution is 2.44. The first-order valence-corrected chi connectivity index (χ1v) is 6.88. The van der Waals surface area contributed by atoms with Crippen LogP contribution in [0.1, 0.15) is 24.2 Å². The molecule has 1 heterocycles. The standard InChI is InChI=1S/C14H13BrF3N3/c1-7(19)11-5-2-8(6-21-11)12-9(15)3-4-10(20)13(12)14(16,17)18/h2-7H,19-20H2,1H3. The van der Waals surface area contributed by atoms with Gasteiger partial charge in [-0.25, -0.2) is 0 Å². The molecule has 0 amide bonds. The Balaban J connectivity index is 2.65. The van der Waals surface area contributed by atoms with Gasteiger partial charge in [0.25, 0.3) is 0 Å². The molecule has 0 aliphatic heterocycles. The second kappa shape index (κ2) is 5.65. The maximum Gasteiger partial charge on any atom is 0.419 e. The van der Waals surface area contributed by atoms with Crippen LogP contribution in [0.3, 0.4) is 0 Å². The summed E-state index contributed by atoms with van der Waals surface area (Å²) < 4.78 is 40.0. The summed E-state index contributed by atoms with van der Waals surface area (Å²) in [5.41, 5.74) is 10.9. The quantitative estimate of drug-likeness (QED) is 0.792. The number of alkyl halides is 3. The number of aromatic nitrogens is 1. The van der Waals surface area contributed by atoms with Gasteiger partial charge in [0.1, 0.15) is 0 Å². The lowest BCUT2D eigenvalue weighted by Gasteiger charge is -2.17. The number of rotatable bonds is 2. The molecule has 0 fully saturated rings. The van der Waals surface area contributed by atoms with Crippen molar-refractivity contribution in [3.8, 4) is 11.1 Å². The van der Waals surface area contributed by atoms with Crippen LogP contribution in [-0.4, -0.2) is 4.98 Å². The summed E-state index contributed by atoms with van der Waals surface area (Å²) in [7, 11) is 0. The average molecular weight is 360 g/mol. The van der Waals surface area contributed by atoms with Crippen molar-refractivity contribution in [3.63, 3.8) is 0 Å². The summed E-state index contributed by atoms with van der Waals surface area (Å²) in [5, 5.41) is 0. The summed E-state index contributed by atoms with van der Waals surface area (Å²) in [6, 6.07) is 5.58. The number of pyridine rings is 1. The molecule has 0 aliphatic carbocycles. The number of nitrogens with two attached hydrogens (primary N) is 2. The lowest BCUT2D eigenvalue weighted by atomic mass is 9.98. The van der Waals surface area contributed by atoms with Crippen molar-refractivity contribution in [1.29, 1.82) is 0 Å². The maximum atomic E-state index is 13.2. The Morgan fingerprint density at radius 2 is 1.86 bits per heavy atom. The van der Waals surface area contributed by atoms with Crippen LogP contribution in [0.15, 0.2) is 34.9 Å². The fraction of sp³-hybridized carbons (Fsp3) is 0.214. The van der Waals surface area contributed by atoms with E-state index < -0.39 is 11.7 Å². The van der Waals surface area contributed by atoms with Gasteiger partial charge in [0, 0.05) is 33.5 Å². The van der Waals surface area contributed by atoms with Crippen molar-refractivity contribution in [3.05, 3.63) is 46.2 Å². The Morgan fingerprint density at radius 1 is 1.19 bits per heavy atom. The molecule has 112 valence electrons. The molecule has 0 saturated heterocycles. The van der Waals surface area contributed by atoms with Gasteiger partial charge in [0.2, 0.25) is 0 Å². The van der Waals surface area contributed by atoms with Crippen molar-refractivity contribution in [2.24, 2.45) is 5.73 Å². The molecule has 4 N–H and O–H groups in total. The third-order valence-electron chi connectivity index (χ3n) is 3.01. The van der Waals surface area contributed by atoms with Crippen molar-refractivity contribution < 1.29 is 13.2 Å². The SMILES string of the molecule is CC(N)c1ccc(-c2c(Br)ccc(N)c2C(F)(F)F)cn1. The highest BCUT2D eigenvalue weighted by molar-refractivity contribution is 9.10. The van der Waals surface area contributed by atoms with E-state index in [-0.39, 0.29) is 17.3 Å². The summed E-state index contributed by atoms with van der Waals surface area (Å²) in [6.07, 6.45) is -3.18. The van der Waals surface area contributed by atoms with E-state index in [1.807, 2.05) is 0 Å². The number of hydrogen-bond donors (Lipinski definition) is 2. The first kappa shape index (κ1) is 15.8. The van der Waals surface area contributed by atoms with Crippen LogP contribution >= 0.6 is 15.9 Å². The molecule has 1 atom stereocenters. The largest absolute Gasteiger partial charge is 0.419 e. The molecule has 0 spiro atoms. The summed E-state index contributed by atoms with van der Waals surface area (Å²) in [4.78, 5) is 4.09. The van der Waals surface area contributed by atoms with Gasteiger partial charge in [-0.1, -0.05) is 22.0 Å². The van der Waals surface area contributed by atoms with Gasteiger partial charge < -0.3 is 11.5 Å². The molecule has 21 heavy (non-hydrogen) atoms. The summed E-state index contributed by atoms with van der Waals surface area (Å²) in [6.45, 7) is 1.75. The van der Waals surface area contributed by atoms with Crippen LogP contribution < -0.4 is 11.5 Å². The highest BCUT2D eigenvalue weighted by Gasteiger charge is 2.37. The van der Waals surface area contributed by atoms with Gasteiger partial charge in [-0.05, 0) is 25.1 Å². The minimum Gasteiger partial charge on any atom is -0.398 e. The molecular weight excluding hydrogens is 347 g/mol. The van der Waals surface area contributed by atoms with E-state index in [4.69, 9.17) is 11.5 Å². The first-order chi connectivity index (χ1) is 9.71. The smallest absolute Gasteiger partial charge is 0.398 e. The van der Waals surface area contributed by atoms with Gasteiger partial charge in [0.05, 0.1) is 11.3 Å². The Kier molecular flexibility index (Phi) is 4.25. The number of nitrogens with zero attached hydrogens (tertiary/aromatic N) is 1. The van der Waals surface area contributed by atoms with E-state index in [1.54, 1.807) is 19.1 Å². The molecule has 0 saturated carbocycles. The summed E-state index contributed by atoms with van der Waals surface area (Å²) in [5.74, 6) is 0. The predicted octanol–water partition coefficient (Wildman–Crippen LogP) is 4.13. The number of halogens is 4. The van der Waals surface area contributed by atoms with Crippen LogP contribution in [-0.2, 0) is 6.18 Å². The second-order valence-corrected chi connectivity index (χ2v) is 5.50. The Labute approximate surface area is 128 Å². The van der Waals surface area contributed by atoms with Crippen LogP contribution in [0, 0.1) is 0 Å². The molecule has 0 bridgehead atoms. The Hall–Kier alpha value is -1.60. The van der Waals surface area contributed by atoms with E-state index in [9.17, 15) is 13.2 Å². The normalized spacial score (nSPS) is 13.2. The molecule has 2 aromatic rings. The molecule has 3 nitrogen and oxygen atoms in total. The van der Waals surface area contributed by atoms with Gasteiger partial charge in [0.15, 0.2) is 0 Å². The summed E-state index contributed by atoms with van der Waals surface area (Å²) >= 11 is 3.15. The first-order valence-electron chi connectivity index (χ1n) is 6.09. The Bertz CT molecular complexity index is 652. The van der Waals surface area contributed by atoms with Crippen LogP contribution in [0.5, 0.6) is 0 Å². The zero-order valence-electron chi connectivity index (χ0n) is 11.1. The number of benzene rings is 1. The van der Waals surface area contributed by atoms with E-state index in [1.165, 1.54) is 18.3 Å². The van der Waals surface area contributed by atoms with E-state index in [0.717, 1.165) is 0 Å². The minimum atomic E-state index is -4.55. The number of anilines is 1. The van der Waals surface area contributed by atoms with Gasteiger partial charge in [-0.3, -0.25) is 4.98 Å². The van der Waals surface area contributed by atoms with Gasteiger partial charge in [-0.2, -0.15) is 13.2 Å². The fourth-order valence-corrected chi connectivity index (χ4v) is 2.56. The van der Waals surface area contributed by atoms with Crippen LogP contribution in [0.2, 0.25) is 0 Å². The molecule has 1 unspecified atom stereocenters. The van der Waals surface area contributed by atoms with E-state index in [0.29, 0.717) is 15.7 Å². The fourth-order valence-electron chi connectivity index (χ4n) is 2.00. The third-order valence-corrected chi connectivity index (χ3v) is 3.67. The zero-order chi connectivity index (χ0) is 15.8. The molecule has 1 aromatic heterocycles. The molecule has 2 rings (SSSR count). The zero-order valence-corrected chi connectivity index (χ0v) is 12.7. The highest BCUT2D eigenvalue weighted by atomic mass is 79.9. The monoisotopic (exact) mass is 359 g/mol. The lowest BCUT2D eigenvalue weighted by molar-refractivity contribution is -0.136. The van der Waals surface area contributed by atoms with Gasteiger partial charge >= 0.3 is 6.18 Å². The van der Waals surface area contributed by atoms with E-state index in [2.05, 4.69) is 20.9 Å². The maximum absolute atomic E-state index is 13.2. The van der Waals surface area contributed by atoms with E-state index >= 15 is 0 Å². The second-order valence-electron chi connectivity index (χ2n) is 4.64. The van der Waals surface area contributed by atoms with Crippen LogP contribution in [0.25, 0.3) is 11.1 Å². The molecule has 1 aromatic carbocycles. The molecule has 7 heteroatoms. The number of nitrogen functional groups attached to an aromatic ring is 1. The van der Waals surface area contributed by atoms with Crippen molar-refractivity contribution in [2.75, 3.05) is 5.73 Å². The average Bonchev–Trinajstić information content (AvgIpc) is 2.40. The minimum absolute atomic E-state index is 0.0220. The molecular formula is C14H13BrF3N3. The lowest BCUT2D eigenvalue weighted by Crippen LogP contribution is -2.12. The molecule has 0 radical (unpaired) electrons. The van der Waals surface area contributed by atoms with Crippen molar-refractivity contribution in [2.45, 2.75) is 19.1 Å². The van der Waals surface area contributed by atoms with Crippen LogP contribution in [0.4, 0.5) is 18.9 Å².